The fraction of sp³-hybridized carbons (Fsp3) is 0.545. The van der Waals surface area contributed by atoms with E-state index < -0.39 is 0 Å². The van der Waals surface area contributed by atoms with E-state index in [1.165, 1.54) is 5.04 Å². The molecule has 0 saturated heterocycles. The van der Waals surface area contributed by atoms with Crippen LogP contribution in [0.1, 0.15) is 13.3 Å². The van der Waals surface area contributed by atoms with Gasteiger partial charge in [-0.05, 0) is 5.92 Å². The molecule has 0 saturated carbocycles. The third-order valence-corrected chi connectivity index (χ3v) is 3.03. The summed E-state index contributed by atoms with van der Waals surface area (Å²) in [6.07, 6.45) is 5.01. The minimum Gasteiger partial charge on any atom is -0.233 e. The smallest absolute Gasteiger partial charge is 0.210 e. The molecule has 0 N–H and O–H groups in total. The highest BCUT2D eigenvalue weighted by molar-refractivity contribution is 8.13. The van der Waals surface area contributed by atoms with Crippen molar-refractivity contribution >= 4 is 16.8 Å². The highest BCUT2D eigenvalue weighted by Gasteiger charge is 2.11. The molecule has 0 aliphatic heterocycles. The summed E-state index contributed by atoms with van der Waals surface area (Å²) >= 11 is 1.85. The largest absolute Gasteiger partial charge is 0.233 e. The molecule has 0 spiro atoms. The van der Waals surface area contributed by atoms with Gasteiger partial charge in [0.2, 0.25) is 5.04 Å². The summed E-state index contributed by atoms with van der Waals surface area (Å²) < 4.78 is 2.17. The van der Waals surface area contributed by atoms with Gasteiger partial charge in [0.05, 0.1) is 0 Å². The Hall–Kier alpha value is -0.500. The molecule has 0 radical (unpaired) electrons. The summed E-state index contributed by atoms with van der Waals surface area (Å²) in [4.78, 5) is 0. The molecule has 0 aromatic rings. The molecule has 1 atom stereocenters. The summed E-state index contributed by atoms with van der Waals surface area (Å²) in [6, 6.07) is 0. The number of allylic oxidation sites excluding steroid dienone is 1. The Morgan fingerprint density at radius 3 is 2.46 bits per heavy atom. The fourth-order valence-electron chi connectivity index (χ4n) is 0.884. The second-order valence-corrected chi connectivity index (χ2v) is 4.40. The van der Waals surface area contributed by atoms with Crippen molar-refractivity contribution in [2.24, 2.45) is 5.92 Å². The van der Waals surface area contributed by atoms with E-state index in [0.29, 0.717) is 5.92 Å². The summed E-state index contributed by atoms with van der Waals surface area (Å²) in [7, 11) is 4.17. The van der Waals surface area contributed by atoms with Gasteiger partial charge in [-0.25, -0.2) is 4.58 Å². The SMILES string of the molecule is C=CCSC(CC(C)C=C)=[N+](C)C. The van der Waals surface area contributed by atoms with E-state index in [4.69, 9.17) is 0 Å². The predicted molar refractivity (Wildman–Crippen MR) is 63.7 cm³/mol. The number of thioether (sulfide) groups is 1. The van der Waals surface area contributed by atoms with Crippen molar-refractivity contribution in [3.05, 3.63) is 25.3 Å². The lowest BCUT2D eigenvalue weighted by molar-refractivity contribution is -0.462. The van der Waals surface area contributed by atoms with Crippen LogP contribution in [0.5, 0.6) is 0 Å². The van der Waals surface area contributed by atoms with Gasteiger partial charge in [-0.15, -0.1) is 13.2 Å². The van der Waals surface area contributed by atoms with Crippen molar-refractivity contribution in [3.63, 3.8) is 0 Å². The van der Waals surface area contributed by atoms with Crippen molar-refractivity contribution in [1.82, 2.24) is 0 Å². The Kier molecular flexibility index (Phi) is 6.69. The van der Waals surface area contributed by atoms with Gasteiger partial charge in [-0.2, -0.15) is 0 Å². The fourth-order valence-corrected chi connectivity index (χ4v) is 1.83. The van der Waals surface area contributed by atoms with Gasteiger partial charge in [-0.1, -0.05) is 30.8 Å². The molecule has 0 fully saturated rings. The highest BCUT2D eigenvalue weighted by Crippen LogP contribution is 2.13. The van der Waals surface area contributed by atoms with E-state index in [1.54, 1.807) is 0 Å². The van der Waals surface area contributed by atoms with E-state index >= 15 is 0 Å². The number of rotatable bonds is 5. The maximum absolute atomic E-state index is 3.79. The van der Waals surface area contributed by atoms with E-state index in [2.05, 4.69) is 38.8 Å². The quantitative estimate of drug-likeness (QED) is 0.284. The van der Waals surface area contributed by atoms with Gasteiger partial charge in [0.1, 0.15) is 14.1 Å². The van der Waals surface area contributed by atoms with Crippen LogP contribution < -0.4 is 0 Å². The topological polar surface area (TPSA) is 3.01 Å². The maximum Gasteiger partial charge on any atom is 0.210 e. The van der Waals surface area contributed by atoms with E-state index in [0.717, 1.165) is 12.2 Å². The minimum absolute atomic E-state index is 0.551. The number of hydrogen-bond acceptors (Lipinski definition) is 1. The average Bonchev–Trinajstić information content (AvgIpc) is 2.11. The number of nitrogens with zero attached hydrogens (tertiary/aromatic N) is 1. The summed E-state index contributed by atoms with van der Waals surface area (Å²) in [5, 5.41) is 1.40. The van der Waals surface area contributed by atoms with Crippen molar-refractivity contribution in [2.75, 3.05) is 19.8 Å². The summed E-state index contributed by atoms with van der Waals surface area (Å²) in [6.45, 7) is 9.70. The molecule has 0 aromatic carbocycles. The van der Waals surface area contributed by atoms with Gasteiger partial charge in [0.15, 0.2) is 0 Å². The molecule has 0 heterocycles. The van der Waals surface area contributed by atoms with Gasteiger partial charge in [0.25, 0.3) is 0 Å². The Bertz CT molecular complexity index is 202. The summed E-state index contributed by atoms with van der Waals surface area (Å²) in [5.74, 6) is 1.53. The molecular weight excluding hydrogens is 178 g/mol. The van der Waals surface area contributed by atoms with Crippen LogP contribution >= 0.6 is 11.8 Å². The minimum atomic E-state index is 0.551. The normalized spacial score (nSPS) is 11.9. The summed E-state index contributed by atoms with van der Waals surface area (Å²) in [5.41, 5.74) is 0. The lowest BCUT2D eigenvalue weighted by atomic mass is 10.1. The Labute approximate surface area is 86.2 Å². The lowest BCUT2D eigenvalue weighted by Crippen LogP contribution is -2.12. The first kappa shape index (κ1) is 12.5. The second kappa shape index (κ2) is 6.96. The van der Waals surface area contributed by atoms with Gasteiger partial charge in [0, 0.05) is 12.2 Å². The van der Waals surface area contributed by atoms with Crippen molar-refractivity contribution < 1.29 is 4.58 Å². The number of hydrogen-bond donors (Lipinski definition) is 0. The maximum atomic E-state index is 3.79. The van der Waals surface area contributed by atoms with E-state index in [9.17, 15) is 0 Å². The Balaban J connectivity index is 4.19. The van der Waals surface area contributed by atoms with E-state index in [-0.39, 0.29) is 0 Å². The van der Waals surface area contributed by atoms with Crippen molar-refractivity contribution in [2.45, 2.75) is 13.3 Å². The molecule has 0 rings (SSSR count). The molecule has 13 heavy (non-hydrogen) atoms. The molecule has 0 aromatic heterocycles. The lowest BCUT2D eigenvalue weighted by Gasteiger charge is -2.05. The molecule has 2 heteroatoms. The first-order chi connectivity index (χ1) is 6.11. The third-order valence-electron chi connectivity index (χ3n) is 1.77. The second-order valence-electron chi connectivity index (χ2n) is 3.30. The third kappa shape index (κ3) is 5.69. The van der Waals surface area contributed by atoms with Gasteiger partial charge in [-0.3, -0.25) is 0 Å². The van der Waals surface area contributed by atoms with Crippen LogP contribution in [0.15, 0.2) is 25.3 Å². The Morgan fingerprint density at radius 2 is 2.08 bits per heavy atom. The molecule has 1 nitrogen and oxygen atoms in total. The van der Waals surface area contributed by atoms with Gasteiger partial charge >= 0.3 is 0 Å². The van der Waals surface area contributed by atoms with Crippen LogP contribution in [-0.2, 0) is 0 Å². The van der Waals surface area contributed by atoms with Crippen LogP contribution in [0.25, 0.3) is 0 Å². The zero-order chi connectivity index (χ0) is 10.3. The van der Waals surface area contributed by atoms with Crippen LogP contribution in [0.4, 0.5) is 0 Å². The van der Waals surface area contributed by atoms with Crippen LogP contribution in [0.3, 0.4) is 0 Å². The highest BCUT2D eigenvalue weighted by atomic mass is 32.2. The van der Waals surface area contributed by atoms with Crippen LogP contribution in [0, 0.1) is 5.92 Å². The van der Waals surface area contributed by atoms with E-state index in [1.807, 2.05) is 23.9 Å². The molecular formula is C11H20NS+. The molecule has 1 unspecified atom stereocenters. The standard InChI is InChI=1S/C11H20NS/c1-6-8-13-11(12(4)5)9-10(3)7-2/h6-7,10H,1-2,8-9H2,3-5H3/q+1. The predicted octanol–water partition coefficient (Wildman–Crippen LogP) is 2.79. The van der Waals surface area contributed by atoms with Crippen LogP contribution in [0.2, 0.25) is 0 Å². The monoisotopic (exact) mass is 198 g/mol. The molecule has 0 aliphatic rings. The van der Waals surface area contributed by atoms with Crippen molar-refractivity contribution in [1.29, 1.82) is 0 Å². The zero-order valence-corrected chi connectivity index (χ0v) is 9.73. The first-order valence-electron chi connectivity index (χ1n) is 4.51. The van der Waals surface area contributed by atoms with Crippen molar-refractivity contribution in [3.8, 4) is 0 Å². The molecule has 0 aliphatic carbocycles. The molecule has 74 valence electrons. The van der Waals surface area contributed by atoms with Crippen LogP contribution in [-0.4, -0.2) is 29.5 Å². The average molecular weight is 198 g/mol. The first-order valence-corrected chi connectivity index (χ1v) is 5.49. The molecule has 0 bridgehead atoms. The Morgan fingerprint density at radius 1 is 1.46 bits per heavy atom. The zero-order valence-electron chi connectivity index (χ0n) is 8.92. The molecule has 0 amide bonds. The van der Waals surface area contributed by atoms with Gasteiger partial charge < -0.3 is 0 Å².